The maximum Gasteiger partial charge on any atom is 0.267 e. The second-order valence-electron chi connectivity index (χ2n) is 5.35. The molecule has 1 aromatic carbocycles. The number of hydrogen-bond donors (Lipinski definition) is 1. The van der Waals surface area contributed by atoms with E-state index in [0.717, 1.165) is 17.8 Å². The molecule has 2 N–H and O–H groups in total. The van der Waals surface area contributed by atoms with Gasteiger partial charge in [0.2, 0.25) is 0 Å². The molecule has 0 radical (unpaired) electrons. The normalized spacial score (nSPS) is 22.3. The van der Waals surface area contributed by atoms with E-state index in [1.54, 1.807) is 31.0 Å². The molecule has 0 saturated carbocycles. The average Bonchev–Trinajstić information content (AvgIpc) is 3.05. The number of amides is 1. The number of hydrogen-bond acceptors (Lipinski definition) is 5. The Kier molecular flexibility index (Phi) is 5.21. The quantitative estimate of drug-likeness (QED) is 0.854. The molecule has 1 aromatic rings. The molecule has 3 rings (SSSR count). The van der Waals surface area contributed by atoms with Crippen molar-refractivity contribution in [3.63, 3.8) is 0 Å². The molecule has 6 nitrogen and oxygen atoms in total. The number of ether oxygens (including phenoxy) is 1. The first-order valence-corrected chi connectivity index (χ1v) is 7.84. The molecule has 0 aliphatic carbocycles. The minimum absolute atomic E-state index is 0.137. The number of nitrogens with zero attached hydrogens (tertiary/aromatic N) is 3. The summed E-state index contributed by atoms with van der Waals surface area (Å²) in [6, 6.07) is 7.45. The summed E-state index contributed by atoms with van der Waals surface area (Å²) in [5, 5.41) is 0. The number of nitrogens with two attached hydrogens (primary N) is 1. The molecule has 2 aliphatic heterocycles. The number of aliphatic imine (C=N–C) groups is 2. The van der Waals surface area contributed by atoms with Crippen molar-refractivity contribution in [3.8, 4) is 5.75 Å². The number of carbonyl (C=O) groups excluding carboxylic acids is 1. The molecule has 6 heteroatoms. The van der Waals surface area contributed by atoms with Gasteiger partial charge < -0.3 is 15.4 Å². The maximum atomic E-state index is 11.5. The minimum Gasteiger partial charge on any atom is -0.462 e. The Labute approximate surface area is 146 Å². The van der Waals surface area contributed by atoms with Gasteiger partial charge in [-0.15, -0.1) is 0 Å². The summed E-state index contributed by atoms with van der Waals surface area (Å²) in [5.74, 6) is 0.0300. The van der Waals surface area contributed by atoms with Crippen LogP contribution >= 0.6 is 0 Å². The van der Waals surface area contributed by atoms with E-state index in [9.17, 15) is 4.79 Å². The Morgan fingerprint density at radius 2 is 2.12 bits per heavy atom. The number of para-hydroxylation sites is 1. The molecule has 126 valence electrons. The predicted octanol–water partition coefficient (Wildman–Crippen LogP) is 2.16. The third-order valence-electron chi connectivity index (χ3n) is 3.63. The topological polar surface area (TPSA) is 80.3 Å². The van der Waals surface area contributed by atoms with Gasteiger partial charge in [0, 0.05) is 30.7 Å². The van der Waals surface area contributed by atoms with Crippen LogP contribution in [-0.4, -0.2) is 36.3 Å². The lowest BCUT2D eigenvalue weighted by atomic mass is 10.2. The highest BCUT2D eigenvalue weighted by atomic mass is 16.5. The zero-order valence-corrected chi connectivity index (χ0v) is 13.6. The highest BCUT2D eigenvalue weighted by molar-refractivity contribution is 5.95. The first-order valence-electron chi connectivity index (χ1n) is 7.84. The Morgan fingerprint density at radius 1 is 1.24 bits per heavy atom. The lowest BCUT2D eigenvalue weighted by Crippen LogP contribution is -2.21. The van der Waals surface area contributed by atoms with E-state index in [1.807, 2.05) is 30.3 Å². The van der Waals surface area contributed by atoms with Gasteiger partial charge in [-0.3, -0.25) is 14.8 Å². The molecule has 0 saturated heterocycles. The number of benzene rings is 1. The summed E-state index contributed by atoms with van der Waals surface area (Å²) >= 11 is 0. The van der Waals surface area contributed by atoms with Gasteiger partial charge in [0.15, 0.2) is 0 Å². The van der Waals surface area contributed by atoms with Crippen LogP contribution in [0.3, 0.4) is 0 Å². The molecule has 25 heavy (non-hydrogen) atoms. The van der Waals surface area contributed by atoms with Gasteiger partial charge in [0.05, 0.1) is 12.2 Å². The van der Waals surface area contributed by atoms with E-state index < -0.39 is 5.91 Å². The molecule has 0 atom stereocenters. The van der Waals surface area contributed by atoms with Crippen LogP contribution in [-0.2, 0) is 4.79 Å². The molecule has 2 heterocycles. The lowest BCUT2D eigenvalue weighted by Gasteiger charge is -2.17. The lowest BCUT2D eigenvalue weighted by molar-refractivity contribution is -0.114. The van der Waals surface area contributed by atoms with Crippen LogP contribution < -0.4 is 10.5 Å². The van der Waals surface area contributed by atoms with Crippen LogP contribution in [0.2, 0.25) is 0 Å². The van der Waals surface area contributed by atoms with E-state index in [1.165, 1.54) is 6.08 Å². The number of carbonyl (C=O) groups is 1. The van der Waals surface area contributed by atoms with Crippen molar-refractivity contribution >= 4 is 18.3 Å². The Balaban J connectivity index is 1.98. The van der Waals surface area contributed by atoms with Crippen molar-refractivity contribution in [1.82, 2.24) is 4.90 Å². The van der Waals surface area contributed by atoms with Gasteiger partial charge >= 0.3 is 0 Å². The van der Waals surface area contributed by atoms with Gasteiger partial charge in [0.25, 0.3) is 5.91 Å². The van der Waals surface area contributed by atoms with Crippen molar-refractivity contribution in [3.05, 3.63) is 78.0 Å². The van der Waals surface area contributed by atoms with Crippen LogP contribution in [0.1, 0.15) is 5.56 Å². The van der Waals surface area contributed by atoms with Gasteiger partial charge in [-0.2, -0.15) is 0 Å². The summed E-state index contributed by atoms with van der Waals surface area (Å²) in [4.78, 5) is 22.0. The number of primary amides is 1. The summed E-state index contributed by atoms with van der Waals surface area (Å²) in [7, 11) is 0. The molecular formula is C19H18N4O2. The molecule has 2 aliphatic rings. The van der Waals surface area contributed by atoms with Gasteiger partial charge in [-0.25, -0.2) is 0 Å². The molecule has 0 aromatic heterocycles. The highest BCUT2D eigenvalue weighted by Gasteiger charge is 2.11. The third kappa shape index (κ3) is 4.32. The molecule has 0 unspecified atom stereocenters. The van der Waals surface area contributed by atoms with E-state index in [2.05, 4.69) is 21.0 Å². The first-order chi connectivity index (χ1) is 12.2. The van der Waals surface area contributed by atoms with Gasteiger partial charge in [0.1, 0.15) is 17.7 Å². The van der Waals surface area contributed by atoms with Crippen molar-refractivity contribution in [2.24, 2.45) is 15.7 Å². The Hall–Kier alpha value is -3.41. The van der Waals surface area contributed by atoms with Crippen LogP contribution in [0.15, 0.2) is 82.4 Å². The first kappa shape index (κ1) is 16.4. The van der Waals surface area contributed by atoms with E-state index >= 15 is 0 Å². The molecule has 0 fully saturated rings. The standard InChI is InChI=1S/C19H18N4O2/c20-19(24)17-7-3-9-21-10-12-23-11-4-6-16(23)14-25-18-8-2-1-5-15(18)13-22-17/h1-10,13-14H,11-12H2,(H2,20,24)/b9-3-,16-14-,17-7-,21-10?,22-13?. The third-order valence-corrected chi connectivity index (χ3v) is 3.63. The Morgan fingerprint density at radius 3 is 3.00 bits per heavy atom. The molecule has 0 bridgehead atoms. The smallest absolute Gasteiger partial charge is 0.267 e. The Bertz CT molecular complexity index is 832. The average molecular weight is 334 g/mol. The highest BCUT2D eigenvalue weighted by Crippen LogP contribution is 2.19. The summed E-state index contributed by atoms with van der Waals surface area (Å²) in [5.41, 5.74) is 7.21. The van der Waals surface area contributed by atoms with E-state index in [4.69, 9.17) is 10.5 Å². The van der Waals surface area contributed by atoms with Crippen LogP contribution in [0, 0.1) is 0 Å². The molecule has 0 spiro atoms. The fraction of sp³-hybridized carbons (Fsp3) is 0.105. The van der Waals surface area contributed by atoms with Gasteiger partial charge in [-0.05, 0) is 30.4 Å². The fourth-order valence-electron chi connectivity index (χ4n) is 2.34. The SMILES string of the molecule is NC(=O)/C1=C/C=C\N=CCN2CC=C/C2=C/Oc2ccccc2C=N1. The van der Waals surface area contributed by atoms with Crippen molar-refractivity contribution in [1.29, 1.82) is 0 Å². The van der Waals surface area contributed by atoms with Crippen molar-refractivity contribution in [2.75, 3.05) is 13.1 Å². The molecule has 1 amide bonds. The minimum atomic E-state index is -0.611. The zero-order chi connectivity index (χ0) is 17.5. The predicted molar refractivity (Wildman–Crippen MR) is 98.4 cm³/mol. The van der Waals surface area contributed by atoms with E-state index in [0.29, 0.717) is 12.3 Å². The van der Waals surface area contributed by atoms with Crippen LogP contribution in [0.25, 0.3) is 0 Å². The monoisotopic (exact) mass is 334 g/mol. The van der Waals surface area contributed by atoms with Crippen LogP contribution in [0.5, 0.6) is 5.75 Å². The second kappa shape index (κ2) is 7.92. The van der Waals surface area contributed by atoms with Crippen molar-refractivity contribution in [2.45, 2.75) is 0 Å². The zero-order valence-electron chi connectivity index (χ0n) is 13.6. The fourth-order valence-corrected chi connectivity index (χ4v) is 2.34. The second-order valence-corrected chi connectivity index (χ2v) is 5.35. The summed E-state index contributed by atoms with van der Waals surface area (Å²) < 4.78 is 5.83. The summed E-state index contributed by atoms with van der Waals surface area (Å²) in [6.45, 7) is 1.46. The summed E-state index contributed by atoms with van der Waals surface area (Å²) in [6.07, 6.45) is 13.9. The van der Waals surface area contributed by atoms with Crippen molar-refractivity contribution < 1.29 is 9.53 Å². The number of fused-ring (bicyclic) bond motifs is 2. The number of rotatable bonds is 1. The maximum absolute atomic E-state index is 11.5. The van der Waals surface area contributed by atoms with Crippen LogP contribution in [0.4, 0.5) is 0 Å². The van der Waals surface area contributed by atoms with Gasteiger partial charge in [-0.1, -0.05) is 18.2 Å². The number of allylic oxidation sites excluding steroid dienone is 3. The van der Waals surface area contributed by atoms with E-state index in [-0.39, 0.29) is 5.70 Å². The molecular weight excluding hydrogens is 316 g/mol. The largest absolute Gasteiger partial charge is 0.462 e.